The Morgan fingerprint density at radius 2 is 0.695 bits per heavy atom. The Morgan fingerprint density at radius 3 is 0.949 bits per heavy atom. The molecular weight excluding hydrogens is 788 g/mol. The molecule has 0 saturated carbocycles. The van der Waals surface area contributed by atoms with Crippen LogP contribution in [0, 0.1) is 83.1 Å². The van der Waals surface area contributed by atoms with Crippen LogP contribution >= 0.6 is 7.26 Å². The van der Waals surface area contributed by atoms with Crippen LogP contribution in [0.15, 0.2) is 66.7 Å². The molecule has 0 heterocycles. The molecule has 2 atom stereocenters. The van der Waals surface area contributed by atoms with Crippen LogP contribution in [0.5, 0.6) is 17.2 Å². The van der Waals surface area contributed by atoms with Crippen molar-refractivity contribution in [3.8, 4) is 17.2 Å². The summed E-state index contributed by atoms with van der Waals surface area (Å²) in [7, 11) is -5.39. The Morgan fingerprint density at radius 1 is 0.424 bits per heavy atom. The van der Waals surface area contributed by atoms with Gasteiger partial charge in [0.25, 0.3) is 0 Å². The van der Waals surface area contributed by atoms with Crippen LogP contribution in [0.4, 0.5) is 26.3 Å². The SMILES string of the molecule is Cc1cc(C)c(OB(O)O)c(C)c1.Cc1cc(C)c([PH](c2cc(OC(F)C(F)F)cc(OC(F)C(F)F)c2)(c2c(C)cc(C)cc2C)c2c(C)cc(C)cc2C)c(C)c1. The zero-order chi connectivity index (χ0) is 44.3. The Hall–Kier alpha value is -4.51. The number of benzene rings is 5. The van der Waals surface area contributed by atoms with Gasteiger partial charge >= 0.3 is 276 Å². The predicted molar refractivity (Wildman–Crippen MR) is 230 cm³/mol. The van der Waals surface area contributed by atoms with Gasteiger partial charge in [0.15, 0.2) is 0 Å². The van der Waals surface area contributed by atoms with Gasteiger partial charge in [0, 0.05) is 0 Å². The Balaban J connectivity index is 0.000000502. The molecule has 0 aliphatic carbocycles. The summed E-state index contributed by atoms with van der Waals surface area (Å²) in [6, 6.07) is 20.3. The summed E-state index contributed by atoms with van der Waals surface area (Å²) < 4.78 is 97.5. The molecule has 2 N–H and O–H groups in total. The van der Waals surface area contributed by atoms with Crippen molar-refractivity contribution in [1.82, 2.24) is 0 Å². The Bertz CT molecular complexity index is 2030. The molecule has 318 valence electrons. The fourth-order valence-electron chi connectivity index (χ4n) is 8.87. The first-order chi connectivity index (χ1) is 27.5. The molecule has 0 spiro atoms. The second-order valence-electron chi connectivity index (χ2n) is 15.5. The van der Waals surface area contributed by atoms with E-state index in [1.165, 1.54) is 12.1 Å². The topological polar surface area (TPSA) is 68.2 Å². The van der Waals surface area contributed by atoms with E-state index >= 15 is 0 Å². The van der Waals surface area contributed by atoms with Crippen LogP contribution in [-0.4, -0.2) is 42.9 Å². The minimum absolute atomic E-state index is 0.383. The van der Waals surface area contributed by atoms with Crippen LogP contribution in [0.25, 0.3) is 0 Å². The number of hydrogen-bond donors (Lipinski definition) is 2. The standard InChI is InChI=1S/C37H41F6O2P.C9H13BO3/c1-19-10-22(4)31(23(5)11-19)46(32-24(6)12-20(2)13-25(32)7,33-26(8)14-21(3)15-27(33)9)30-17-28(44-36(42)34(38)39)16-29(18-30)45-37(43)35(40)41;1-6-4-7(2)9(8(3)5-6)13-10(11)12/h10-18,34-37,46H,1-9H3;4-5,11-12H,1-3H3. The third kappa shape index (κ3) is 10.6. The molecule has 0 saturated heterocycles. The molecule has 2 unspecified atom stereocenters. The summed E-state index contributed by atoms with van der Waals surface area (Å²) >= 11 is 0. The number of ether oxygens (including phenoxy) is 2. The van der Waals surface area contributed by atoms with Crippen LogP contribution in [0.2, 0.25) is 0 Å². The zero-order valence-electron chi connectivity index (χ0n) is 35.6. The van der Waals surface area contributed by atoms with E-state index in [4.69, 9.17) is 24.2 Å². The van der Waals surface area contributed by atoms with Crippen LogP contribution in [-0.2, 0) is 0 Å². The van der Waals surface area contributed by atoms with Crippen molar-refractivity contribution in [2.75, 3.05) is 0 Å². The summed E-state index contributed by atoms with van der Waals surface area (Å²) in [6.45, 7) is 23.8. The van der Waals surface area contributed by atoms with Gasteiger partial charge in [-0.1, -0.05) is 17.7 Å². The van der Waals surface area contributed by atoms with Crippen LogP contribution < -0.4 is 35.3 Å². The first-order valence-electron chi connectivity index (χ1n) is 19.2. The number of rotatable bonds is 12. The number of aryl methyl sites for hydroxylation is 12. The maximum absolute atomic E-state index is 14.5. The van der Waals surface area contributed by atoms with E-state index in [0.717, 1.165) is 88.7 Å². The monoisotopic (exact) mass is 842 g/mol. The Kier molecular flexibility index (Phi) is 15.4. The van der Waals surface area contributed by atoms with E-state index in [2.05, 4.69) is 36.4 Å². The minimum atomic E-state index is -3.64. The van der Waals surface area contributed by atoms with E-state index in [0.29, 0.717) is 11.1 Å². The number of halogens is 6. The molecule has 5 aromatic rings. The van der Waals surface area contributed by atoms with Crippen molar-refractivity contribution in [3.05, 3.63) is 133 Å². The fourth-order valence-corrected chi connectivity index (χ4v) is 15.2. The number of alkyl halides is 6. The molecule has 5 aromatic carbocycles. The normalized spacial score (nSPS) is 12.8. The zero-order valence-corrected chi connectivity index (χ0v) is 36.6. The van der Waals surface area contributed by atoms with Crippen molar-refractivity contribution >= 4 is 35.8 Å². The van der Waals surface area contributed by atoms with Gasteiger partial charge in [0.1, 0.15) is 5.75 Å². The first-order valence-corrected chi connectivity index (χ1v) is 21.2. The number of hydrogen-bond acceptors (Lipinski definition) is 5. The van der Waals surface area contributed by atoms with Crippen molar-refractivity contribution in [2.45, 2.75) is 109 Å². The summed E-state index contributed by atoms with van der Waals surface area (Å²) in [6.07, 6.45) is -13.0. The maximum atomic E-state index is 14.5. The van der Waals surface area contributed by atoms with E-state index in [9.17, 15) is 26.3 Å². The molecule has 0 fully saturated rings. The first kappa shape index (κ1) is 47.2. The molecule has 5 rings (SSSR count). The van der Waals surface area contributed by atoms with Gasteiger partial charge in [0.2, 0.25) is 0 Å². The van der Waals surface area contributed by atoms with E-state index < -0.39 is 40.2 Å². The quantitative estimate of drug-likeness (QED) is 0.0745. The van der Waals surface area contributed by atoms with Gasteiger partial charge < -0.3 is 14.7 Å². The van der Waals surface area contributed by atoms with Crippen LogP contribution in [0.1, 0.15) is 66.8 Å². The molecule has 13 heteroatoms. The van der Waals surface area contributed by atoms with Gasteiger partial charge in [-0.15, -0.1) is 0 Å². The van der Waals surface area contributed by atoms with E-state index in [1.54, 1.807) is 0 Å². The van der Waals surface area contributed by atoms with Crippen molar-refractivity contribution in [3.63, 3.8) is 0 Å². The molecule has 0 aliphatic rings. The van der Waals surface area contributed by atoms with Crippen molar-refractivity contribution in [2.24, 2.45) is 0 Å². The molecule has 0 bridgehead atoms. The predicted octanol–water partition coefficient (Wildman–Crippen LogP) is 9.65. The molecule has 0 amide bonds. The average Bonchev–Trinajstić information content (AvgIpc) is 3.08. The van der Waals surface area contributed by atoms with Crippen molar-refractivity contribution < 1.29 is 50.5 Å². The molecule has 59 heavy (non-hydrogen) atoms. The van der Waals surface area contributed by atoms with Gasteiger partial charge in [-0.2, -0.15) is 0 Å². The van der Waals surface area contributed by atoms with Gasteiger partial charge in [-0.25, -0.2) is 0 Å². The van der Waals surface area contributed by atoms with Gasteiger partial charge in [-0.3, -0.25) is 0 Å². The Labute approximate surface area is 344 Å². The summed E-state index contributed by atoms with van der Waals surface area (Å²) in [4.78, 5) is 0. The third-order valence-electron chi connectivity index (χ3n) is 10.2. The summed E-state index contributed by atoms with van der Waals surface area (Å²) in [5.41, 5.74) is 11.8. The summed E-state index contributed by atoms with van der Waals surface area (Å²) in [5.74, 6) is -0.225. The van der Waals surface area contributed by atoms with E-state index in [-0.39, 0.29) is 11.5 Å². The second kappa shape index (κ2) is 19.3. The third-order valence-corrected chi connectivity index (χ3v) is 16.0. The van der Waals surface area contributed by atoms with Crippen molar-refractivity contribution in [1.29, 1.82) is 0 Å². The molecule has 5 nitrogen and oxygen atoms in total. The fraction of sp³-hybridized carbons (Fsp3) is 0.348. The second-order valence-corrected chi connectivity index (χ2v) is 19.1. The van der Waals surface area contributed by atoms with Gasteiger partial charge in [0.05, 0.1) is 0 Å². The molecule has 0 aromatic heterocycles. The molecule has 0 aliphatic heterocycles. The average molecular weight is 843 g/mol. The van der Waals surface area contributed by atoms with E-state index in [1.807, 2.05) is 95.2 Å². The summed E-state index contributed by atoms with van der Waals surface area (Å²) in [5, 5.41) is 20.8. The molecule has 0 radical (unpaired) electrons. The molecular formula is C46H54BF6O5P. The van der Waals surface area contributed by atoms with Gasteiger partial charge in [-0.05, 0) is 31.9 Å². The van der Waals surface area contributed by atoms with Crippen LogP contribution in [0.3, 0.4) is 0 Å².